The number of aliphatic hydroxyl groups excluding tert-OH is 1. The third-order valence-corrected chi connectivity index (χ3v) is 7.21. The van der Waals surface area contributed by atoms with Gasteiger partial charge in [0.2, 0.25) is 15.7 Å². The molecule has 1 fully saturated rings. The van der Waals surface area contributed by atoms with E-state index in [1.54, 1.807) is 6.92 Å². The van der Waals surface area contributed by atoms with Gasteiger partial charge in [-0.15, -0.1) is 0 Å². The van der Waals surface area contributed by atoms with Crippen LogP contribution in [0.4, 0.5) is 0 Å². The van der Waals surface area contributed by atoms with Gasteiger partial charge in [0.25, 0.3) is 5.91 Å². The number of sulfonamides is 1. The summed E-state index contributed by atoms with van der Waals surface area (Å²) in [6.07, 6.45) is 2.80. The summed E-state index contributed by atoms with van der Waals surface area (Å²) in [6, 6.07) is 9.46. The first-order valence-electron chi connectivity index (χ1n) is 11.0. The lowest BCUT2D eigenvalue weighted by atomic mass is 10.0. The molecule has 0 spiro atoms. The molecule has 1 unspecified atom stereocenters. The van der Waals surface area contributed by atoms with Gasteiger partial charge in [-0.25, -0.2) is 13.4 Å². The molecule has 1 aromatic carbocycles. The Bertz CT molecular complexity index is 1290. The summed E-state index contributed by atoms with van der Waals surface area (Å²) in [4.78, 5) is 17.1. The van der Waals surface area contributed by atoms with Crippen molar-refractivity contribution in [2.45, 2.75) is 51.7 Å². The Balaban J connectivity index is 1.83. The third kappa shape index (κ3) is 5.10. The molecule has 4 rings (SSSR count). The van der Waals surface area contributed by atoms with E-state index >= 15 is 0 Å². The molecule has 0 aliphatic heterocycles. The molecule has 1 amide bonds. The molecule has 0 radical (unpaired) electrons. The minimum absolute atomic E-state index is 0.0692. The number of furan rings is 1. The molecule has 2 aromatic heterocycles. The summed E-state index contributed by atoms with van der Waals surface area (Å²) in [6.45, 7) is 3.85. The number of carbonyl (C=O) groups excluding carboxylic acids is 1. The van der Waals surface area contributed by atoms with Crippen LogP contribution in [0.15, 0.2) is 34.7 Å². The van der Waals surface area contributed by atoms with Gasteiger partial charge in [0.1, 0.15) is 5.76 Å². The normalized spacial score (nSPS) is 15.3. The van der Waals surface area contributed by atoms with Crippen LogP contribution in [0.25, 0.3) is 22.4 Å². The van der Waals surface area contributed by atoms with Gasteiger partial charge < -0.3 is 15.3 Å². The molecule has 33 heavy (non-hydrogen) atoms. The number of aromatic nitrogens is 1. The van der Waals surface area contributed by atoms with Crippen molar-refractivity contribution in [3.63, 3.8) is 0 Å². The van der Waals surface area contributed by atoms with Gasteiger partial charge in [-0.05, 0) is 50.7 Å². The topological polar surface area (TPSA) is 127 Å². The number of aryl methyl sites for hydroxylation is 1. The predicted octanol–water partition coefficient (Wildman–Crippen LogP) is 3.31. The Hall–Kier alpha value is -2.75. The van der Waals surface area contributed by atoms with Crippen LogP contribution in [0.3, 0.4) is 0 Å². The smallest absolute Gasteiger partial charge is 0.253 e. The summed E-state index contributed by atoms with van der Waals surface area (Å²) in [5.41, 5.74) is 9.57. The second-order valence-electron chi connectivity index (χ2n) is 8.92. The van der Waals surface area contributed by atoms with Crippen molar-refractivity contribution in [1.29, 1.82) is 0 Å². The molecule has 0 saturated heterocycles. The zero-order valence-corrected chi connectivity index (χ0v) is 19.9. The van der Waals surface area contributed by atoms with Crippen LogP contribution >= 0.6 is 0 Å². The van der Waals surface area contributed by atoms with Crippen molar-refractivity contribution in [1.82, 2.24) is 9.29 Å². The summed E-state index contributed by atoms with van der Waals surface area (Å²) in [5.74, 6) is 0.0156. The number of carbonyl (C=O) groups is 1. The molecule has 1 atom stereocenters. The van der Waals surface area contributed by atoms with Crippen LogP contribution in [-0.2, 0) is 16.6 Å². The quantitative estimate of drug-likeness (QED) is 0.493. The van der Waals surface area contributed by atoms with Gasteiger partial charge in [0.15, 0.2) is 0 Å². The van der Waals surface area contributed by atoms with Crippen LogP contribution < -0.4 is 5.73 Å². The van der Waals surface area contributed by atoms with Crippen molar-refractivity contribution < 1.29 is 22.7 Å². The maximum atomic E-state index is 12.4. The Morgan fingerprint density at radius 1 is 1.30 bits per heavy atom. The van der Waals surface area contributed by atoms with Gasteiger partial charge >= 0.3 is 0 Å². The van der Waals surface area contributed by atoms with E-state index in [1.807, 2.05) is 37.3 Å². The number of rotatable bonds is 9. The molecule has 9 heteroatoms. The van der Waals surface area contributed by atoms with Gasteiger partial charge in [-0.2, -0.15) is 4.31 Å². The first-order chi connectivity index (χ1) is 15.5. The van der Waals surface area contributed by atoms with E-state index in [1.165, 1.54) is 4.31 Å². The van der Waals surface area contributed by atoms with Crippen molar-refractivity contribution in [3.8, 4) is 11.3 Å². The maximum absolute atomic E-state index is 12.4. The van der Waals surface area contributed by atoms with Crippen LogP contribution in [0, 0.1) is 6.92 Å². The van der Waals surface area contributed by atoms with Crippen LogP contribution in [0.1, 0.15) is 59.3 Å². The Labute approximate surface area is 193 Å². The zero-order valence-electron chi connectivity index (χ0n) is 19.0. The molecule has 3 aromatic rings. The van der Waals surface area contributed by atoms with Crippen LogP contribution in [-0.4, -0.2) is 47.6 Å². The minimum atomic E-state index is -3.52. The highest BCUT2D eigenvalue weighted by molar-refractivity contribution is 7.88. The van der Waals surface area contributed by atoms with Crippen molar-refractivity contribution in [2.24, 2.45) is 5.73 Å². The van der Waals surface area contributed by atoms with E-state index in [9.17, 15) is 18.3 Å². The number of primary amides is 1. The SMILES string of the molecule is Cc1ccc(-c2oc3nc(CN(CCC(C)O)S(C)(=O)=O)c(C4CC4)cc3c2C(N)=O)cc1. The number of hydrogen-bond donors (Lipinski definition) is 2. The molecule has 2 heterocycles. The monoisotopic (exact) mass is 471 g/mol. The third-order valence-electron chi connectivity index (χ3n) is 5.96. The van der Waals surface area contributed by atoms with E-state index < -0.39 is 22.0 Å². The maximum Gasteiger partial charge on any atom is 0.253 e. The lowest BCUT2D eigenvalue weighted by molar-refractivity contribution is 0.100. The second-order valence-corrected chi connectivity index (χ2v) is 10.9. The molecular weight excluding hydrogens is 442 g/mol. The number of benzene rings is 1. The Morgan fingerprint density at radius 3 is 2.52 bits per heavy atom. The molecule has 0 bridgehead atoms. The van der Waals surface area contributed by atoms with E-state index in [0.717, 1.165) is 35.8 Å². The minimum Gasteiger partial charge on any atom is -0.437 e. The predicted molar refractivity (Wildman–Crippen MR) is 126 cm³/mol. The second kappa shape index (κ2) is 8.89. The molecule has 3 N–H and O–H groups in total. The fourth-order valence-electron chi connectivity index (χ4n) is 3.96. The molecule has 1 aliphatic rings. The van der Waals surface area contributed by atoms with E-state index in [4.69, 9.17) is 10.2 Å². The molecular formula is C24H29N3O5S. The average Bonchev–Trinajstić information content (AvgIpc) is 3.50. The Morgan fingerprint density at radius 2 is 1.97 bits per heavy atom. The number of hydrogen-bond acceptors (Lipinski definition) is 6. The van der Waals surface area contributed by atoms with Crippen LogP contribution in [0.5, 0.6) is 0 Å². The van der Waals surface area contributed by atoms with E-state index in [0.29, 0.717) is 23.3 Å². The zero-order chi connectivity index (χ0) is 23.9. The number of nitrogens with zero attached hydrogens (tertiary/aromatic N) is 2. The highest BCUT2D eigenvalue weighted by Gasteiger charge is 2.31. The first kappa shape index (κ1) is 23.4. The van der Waals surface area contributed by atoms with Crippen molar-refractivity contribution in [2.75, 3.05) is 12.8 Å². The van der Waals surface area contributed by atoms with Gasteiger partial charge in [-0.1, -0.05) is 29.8 Å². The Kier molecular flexibility index (Phi) is 6.30. The molecule has 1 aliphatic carbocycles. The fourth-order valence-corrected chi connectivity index (χ4v) is 4.76. The van der Waals surface area contributed by atoms with Gasteiger partial charge in [0.05, 0.1) is 35.5 Å². The van der Waals surface area contributed by atoms with Crippen LogP contribution in [0.2, 0.25) is 0 Å². The summed E-state index contributed by atoms with van der Waals surface area (Å²) in [7, 11) is -3.52. The number of fused-ring (bicyclic) bond motifs is 1. The highest BCUT2D eigenvalue weighted by Crippen LogP contribution is 2.44. The standard InChI is InChI=1S/C24H29N3O5S/c1-14-4-6-17(7-5-14)22-21(23(25)29)19-12-18(16-8-9-16)20(26-24(19)32-22)13-27(33(3,30)31)11-10-15(2)28/h4-7,12,15-16,28H,8-11,13H2,1-3H3,(H2,25,29). The van der Waals surface area contributed by atoms with E-state index in [2.05, 4.69) is 4.98 Å². The number of aliphatic hydroxyl groups is 1. The van der Waals surface area contributed by atoms with Gasteiger partial charge in [-0.3, -0.25) is 4.79 Å². The fraction of sp³-hybridized carbons (Fsp3) is 0.417. The lowest BCUT2D eigenvalue weighted by Crippen LogP contribution is -2.32. The van der Waals surface area contributed by atoms with Gasteiger partial charge in [0, 0.05) is 12.1 Å². The summed E-state index contributed by atoms with van der Waals surface area (Å²) < 4.78 is 32.1. The molecule has 176 valence electrons. The summed E-state index contributed by atoms with van der Waals surface area (Å²) >= 11 is 0. The summed E-state index contributed by atoms with van der Waals surface area (Å²) in [5, 5.41) is 10.2. The lowest BCUT2D eigenvalue weighted by Gasteiger charge is -2.21. The number of amides is 1. The van der Waals surface area contributed by atoms with Crippen molar-refractivity contribution in [3.05, 3.63) is 52.7 Å². The number of pyridine rings is 1. The average molecular weight is 472 g/mol. The molecule has 1 saturated carbocycles. The number of nitrogens with two attached hydrogens (primary N) is 1. The first-order valence-corrected chi connectivity index (χ1v) is 12.9. The largest absolute Gasteiger partial charge is 0.437 e. The molecule has 8 nitrogen and oxygen atoms in total. The van der Waals surface area contributed by atoms with Crippen molar-refractivity contribution >= 4 is 27.0 Å². The van der Waals surface area contributed by atoms with E-state index in [-0.39, 0.29) is 30.3 Å². The highest BCUT2D eigenvalue weighted by atomic mass is 32.2.